The number of rotatable bonds is 4. The lowest BCUT2D eigenvalue weighted by Gasteiger charge is -2.03. The number of hydrogen-bond acceptors (Lipinski definition) is 4. The van der Waals surface area contributed by atoms with Crippen molar-refractivity contribution in [1.29, 1.82) is 0 Å². The molecule has 3 aromatic rings. The minimum Gasteiger partial charge on any atom is -0.383 e. The second-order valence-electron chi connectivity index (χ2n) is 4.86. The molecule has 1 aromatic carbocycles. The number of nitrogens with two attached hydrogens (primary N) is 1. The Hall–Kier alpha value is -2.34. The highest BCUT2D eigenvalue weighted by atomic mass is 16.5. The molecule has 0 atom stereocenters. The molecular formula is C14H17N5O. The molecule has 0 saturated heterocycles. The van der Waals surface area contributed by atoms with E-state index in [1.807, 2.05) is 4.68 Å². The van der Waals surface area contributed by atoms with E-state index in [-0.39, 0.29) is 0 Å². The number of aromatic amines is 1. The molecule has 0 bridgehead atoms. The topological polar surface area (TPSA) is 81.8 Å². The molecule has 104 valence electrons. The predicted octanol–water partition coefficient (Wildman–Crippen LogP) is 1.84. The number of aryl methyl sites for hydroxylation is 1. The molecule has 20 heavy (non-hydrogen) atoms. The molecule has 0 unspecified atom stereocenters. The van der Waals surface area contributed by atoms with E-state index in [0.29, 0.717) is 19.0 Å². The first-order chi connectivity index (χ1) is 9.69. The summed E-state index contributed by atoms with van der Waals surface area (Å²) in [6.07, 6.45) is 0. The van der Waals surface area contributed by atoms with Crippen LogP contribution in [0.2, 0.25) is 0 Å². The number of anilines is 1. The van der Waals surface area contributed by atoms with Gasteiger partial charge >= 0.3 is 0 Å². The van der Waals surface area contributed by atoms with E-state index in [4.69, 9.17) is 10.5 Å². The quantitative estimate of drug-likeness (QED) is 0.758. The van der Waals surface area contributed by atoms with Crippen LogP contribution < -0.4 is 5.73 Å². The zero-order chi connectivity index (χ0) is 14.1. The fourth-order valence-electron chi connectivity index (χ4n) is 2.27. The average molecular weight is 271 g/mol. The maximum absolute atomic E-state index is 5.91. The summed E-state index contributed by atoms with van der Waals surface area (Å²) in [7, 11) is 1.64. The van der Waals surface area contributed by atoms with Crippen LogP contribution >= 0.6 is 0 Å². The standard InChI is InChI=1S/C14H17N5O/c1-9-3-5-10(6-4-9)7-19-14-12(13(15)16-17-14)11(18-19)8-20-2/h3-6H,7-8H2,1-2H3,(H3,15,16,17). The molecular weight excluding hydrogens is 254 g/mol. The van der Waals surface area contributed by atoms with E-state index in [9.17, 15) is 0 Å². The molecule has 3 rings (SSSR count). The Morgan fingerprint density at radius 1 is 1.30 bits per heavy atom. The smallest absolute Gasteiger partial charge is 0.182 e. The van der Waals surface area contributed by atoms with Gasteiger partial charge in [0.05, 0.1) is 18.5 Å². The van der Waals surface area contributed by atoms with Crippen LogP contribution in [0.25, 0.3) is 11.0 Å². The van der Waals surface area contributed by atoms with Gasteiger partial charge < -0.3 is 10.5 Å². The number of fused-ring (bicyclic) bond motifs is 1. The SMILES string of the molecule is COCc1nn(Cc2ccc(C)cc2)c2n[nH]c(N)c12. The largest absolute Gasteiger partial charge is 0.383 e. The van der Waals surface area contributed by atoms with Gasteiger partial charge in [-0.15, -0.1) is 0 Å². The number of nitrogen functional groups attached to an aromatic ring is 1. The number of H-pyrrole nitrogens is 1. The summed E-state index contributed by atoms with van der Waals surface area (Å²) in [4.78, 5) is 0. The van der Waals surface area contributed by atoms with Crippen molar-refractivity contribution in [2.45, 2.75) is 20.1 Å². The summed E-state index contributed by atoms with van der Waals surface area (Å²) < 4.78 is 7.02. The highest BCUT2D eigenvalue weighted by Crippen LogP contribution is 2.23. The Labute approximate surface area is 116 Å². The van der Waals surface area contributed by atoms with Crippen LogP contribution in [0.4, 0.5) is 5.82 Å². The van der Waals surface area contributed by atoms with Crippen LogP contribution in [0, 0.1) is 6.92 Å². The minimum absolute atomic E-state index is 0.418. The molecule has 2 aromatic heterocycles. The number of nitrogens with zero attached hydrogens (tertiary/aromatic N) is 3. The summed E-state index contributed by atoms with van der Waals surface area (Å²) in [6, 6.07) is 8.36. The van der Waals surface area contributed by atoms with E-state index < -0.39 is 0 Å². The van der Waals surface area contributed by atoms with Crippen LogP contribution in [0.5, 0.6) is 0 Å². The van der Waals surface area contributed by atoms with Crippen molar-refractivity contribution in [2.75, 3.05) is 12.8 Å². The second-order valence-corrected chi connectivity index (χ2v) is 4.86. The first kappa shape index (κ1) is 12.7. The number of aromatic nitrogens is 4. The summed E-state index contributed by atoms with van der Waals surface area (Å²) in [5.41, 5.74) is 9.88. The van der Waals surface area contributed by atoms with E-state index in [2.05, 4.69) is 46.5 Å². The Balaban J connectivity index is 2.01. The van der Waals surface area contributed by atoms with Crippen molar-refractivity contribution in [3.8, 4) is 0 Å². The van der Waals surface area contributed by atoms with Gasteiger partial charge in [-0.05, 0) is 12.5 Å². The number of methoxy groups -OCH3 is 1. The first-order valence-corrected chi connectivity index (χ1v) is 6.42. The Morgan fingerprint density at radius 2 is 2.05 bits per heavy atom. The van der Waals surface area contributed by atoms with Crippen molar-refractivity contribution in [1.82, 2.24) is 20.0 Å². The molecule has 0 fully saturated rings. The maximum Gasteiger partial charge on any atom is 0.182 e. The van der Waals surface area contributed by atoms with Crippen LogP contribution in [0.15, 0.2) is 24.3 Å². The Kier molecular flexibility index (Phi) is 3.15. The lowest BCUT2D eigenvalue weighted by molar-refractivity contribution is 0.182. The van der Waals surface area contributed by atoms with E-state index in [1.54, 1.807) is 7.11 Å². The van der Waals surface area contributed by atoms with E-state index in [0.717, 1.165) is 16.7 Å². The molecule has 0 aliphatic rings. The van der Waals surface area contributed by atoms with Gasteiger partial charge in [-0.1, -0.05) is 29.8 Å². The second kappa shape index (κ2) is 4.97. The van der Waals surface area contributed by atoms with Crippen LogP contribution in [-0.4, -0.2) is 27.1 Å². The summed E-state index contributed by atoms with van der Waals surface area (Å²) in [6.45, 7) is 3.15. The third-order valence-corrected chi connectivity index (χ3v) is 3.28. The molecule has 0 radical (unpaired) electrons. The molecule has 6 nitrogen and oxygen atoms in total. The van der Waals surface area contributed by atoms with Crippen LogP contribution in [-0.2, 0) is 17.9 Å². The fraction of sp³-hybridized carbons (Fsp3) is 0.286. The van der Waals surface area contributed by atoms with Crippen molar-refractivity contribution < 1.29 is 4.74 Å². The minimum atomic E-state index is 0.418. The molecule has 0 aliphatic carbocycles. The van der Waals surface area contributed by atoms with Gasteiger partial charge in [-0.2, -0.15) is 10.2 Å². The van der Waals surface area contributed by atoms with Gasteiger partial charge in [0, 0.05) is 7.11 Å². The number of nitrogens with one attached hydrogen (secondary N) is 1. The number of benzene rings is 1. The monoisotopic (exact) mass is 271 g/mol. The summed E-state index contributed by atoms with van der Waals surface area (Å²) in [5.74, 6) is 0.530. The van der Waals surface area contributed by atoms with Gasteiger partial charge in [-0.3, -0.25) is 5.10 Å². The summed E-state index contributed by atoms with van der Waals surface area (Å²) >= 11 is 0. The van der Waals surface area contributed by atoms with Crippen molar-refractivity contribution in [2.24, 2.45) is 0 Å². The molecule has 0 amide bonds. The van der Waals surface area contributed by atoms with E-state index >= 15 is 0 Å². The predicted molar refractivity (Wildman–Crippen MR) is 77.3 cm³/mol. The van der Waals surface area contributed by atoms with Gasteiger partial charge in [0.15, 0.2) is 5.65 Å². The third-order valence-electron chi connectivity index (χ3n) is 3.28. The lowest BCUT2D eigenvalue weighted by atomic mass is 10.1. The van der Waals surface area contributed by atoms with Crippen molar-refractivity contribution in [3.05, 3.63) is 41.1 Å². The molecule has 0 aliphatic heterocycles. The van der Waals surface area contributed by atoms with Crippen LogP contribution in [0.3, 0.4) is 0 Å². The molecule has 3 N–H and O–H groups in total. The Morgan fingerprint density at radius 3 is 2.75 bits per heavy atom. The zero-order valence-corrected chi connectivity index (χ0v) is 11.6. The summed E-state index contributed by atoms with van der Waals surface area (Å²) in [5, 5.41) is 12.4. The van der Waals surface area contributed by atoms with Gasteiger partial charge in [-0.25, -0.2) is 4.68 Å². The molecule has 2 heterocycles. The highest BCUT2D eigenvalue weighted by molar-refractivity contribution is 5.88. The normalized spacial score (nSPS) is 11.3. The Bertz CT molecular complexity index is 726. The van der Waals surface area contributed by atoms with Crippen molar-refractivity contribution >= 4 is 16.9 Å². The van der Waals surface area contributed by atoms with Crippen LogP contribution in [0.1, 0.15) is 16.8 Å². The van der Waals surface area contributed by atoms with E-state index in [1.165, 1.54) is 11.1 Å². The number of ether oxygens (including phenoxy) is 1. The maximum atomic E-state index is 5.91. The average Bonchev–Trinajstić information content (AvgIpc) is 2.96. The number of hydrogen-bond donors (Lipinski definition) is 2. The molecule has 6 heteroatoms. The molecule has 0 saturated carbocycles. The third kappa shape index (κ3) is 2.14. The van der Waals surface area contributed by atoms with Gasteiger partial charge in [0.1, 0.15) is 11.5 Å². The van der Waals surface area contributed by atoms with Crippen molar-refractivity contribution in [3.63, 3.8) is 0 Å². The van der Waals surface area contributed by atoms with Gasteiger partial charge in [0.25, 0.3) is 0 Å². The fourth-order valence-corrected chi connectivity index (χ4v) is 2.27. The lowest BCUT2D eigenvalue weighted by Crippen LogP contribution is -2.03. The molecule has 0 spiro atoms. The van der Waals surface area contributed by atoms with Gasteiger partial charge in [0.2, 0.25) is 0 Å². The first-order valence-electron chi connectivity index (χ1n) is 6.42. The zero-order valence-electron chi connectivity index (χ0n) is 11.6. The highest BCUT2D eigenvalue weighted by Gasteiger charge is 2.16.